The summed E-state index contributed by atoms with van der Waals surface area (Å²) in [4.78, 5) is 0. The summed E-state index contributed by atoms with van der Waals surface area (Å²) in [6.07, 6.45) is 3.01. The highest BCUT2D eigenvalue weighted by atomic mass is 35.5. The van der Waals surface area contributed by atoms with Crippen molar-refractivity contribution in [3.63, 3.8) is 0 Å². The largest absolute Gasteiger partial charge is 0.454 e. The normalized spacial score (nSPS) is 13.2. The van der Waals surface area contributed by atoms with E-state index in [0.29, 0.717) is 10.8 Å². The van der Waals surface area contributed by atoms with Gasteiger partial charge >= 0.3 is 0 Å². The van der Waals surface area contributed by atoms with Gasteiger partial charge in [-0.2, -0.15) is 0 Å². The summed E-state index contributed by atoms with van der Waals surface area (Å²) in [7, 11) is 0. The molecule has 1 heterocycles. The topological polar surface area (TPSA) is 44.5 Å². The summed E-state index contributed by atoms with van der Waals surface area (Å²) in [6.45, 7) is 3.04. The zero-order valence-corrected chi connectivity index (χ0v) is 10.1. The summed E-state index contributed by atoms with van der Waals surface area (Å²) in [6, 6.07) is 1.99. The predicted octanol–water partition coefficient (Wildman–Crippen LogP) is 2.66. The maximum Gasteiger partial charge on any atom is 0.231 e. The molecule has 3 nitrogen and oxygen atoms in total. The minimum Gasteiger partial charge on any atom is -0.454 e. The number of hydrogen-bond acceptors (Lipinski definition) is 3. The van der Waals surface area contributed by atoms with E-state index in [4.69, 9.17) is 26.8 Å². The average molecular weight is 242 g/mol. The molecule has 0 fully saturated rings. The highest BCUT2D eigenvalue weighted by molar-refractivity contribution is 6.33. The number of hydrogen-bond donors (Lipinski definition) is 1. The maximum absolute atomic E-state index is 6.30. The van der Waals surface area contributed by atoms with E-state index in [1.165, 1.54) is 0 Å². The Bertz CT molecular complexity index is 393. The molecule has 0 atom stereocenters. The average Bonchev–Trinajstić information content (AvgIpc) is 2.71. The van der Waals surface area contributed by atoms with Gasteiger partial charge in [-0.25, -0.2) is 0 Å². The van der Waals surface area contributed by atoms with Crippen LogP contribution in [-0.2, 0) is 6.42 Å². The van der Waals surface area contributed by atoms with Gasteiger partial charge in [-0.1, -0.05) is 11.6 Å². The summed E-state index contributed by atoms with van der Waals surface area (Å²) >= 11 is 6.30. The van der Waals surface area contributed by atoms with Crippen molar-refractivity contribution in [2.24, 2.45) is 5.73 Å². The van der Waals surface area contributed by atoms with E-state index in [1.807, 2.05) is 13.0 Å². The van der Waals surface area contributed by atoms with Crippen LogP contribution in [0.3, 0.4) is 0 Å². The Kier molecular flexibility index (Phi) is 3.56. The maximum atomic E-state index is 6.30. The number of fused-ring (bicyclic) bond motifs is 1. The van der Waals surface area contributed by atoms with E-state index in [-0.39, 0.29) is 6.79 Å². The quantitative estimate of drug-likeness (QED) is 0.825. The van der Waals surface area contributed by atoms with E-state index in [9.17, 15) is 0 Å². The van der Waals surface area contributed by atoms with E-state index < -0.39 is 0 Å². The molecule has 0 aromatic heterocycles. The first-order chi connectivity index (χ1) is 7.74. The number of rotatable bonds is 4. The van der Waals surface area contributed by atoms with Crippen LogP contribution >= 0.6 is 11.6 Å². The zero-order chi connectivity index (χ0) is 11.5. The summed E-state index contributed by atoms with van der Waals surface area (Å²) in [5.41, 5.74) is 7.79. The molecule has 88 valence electrons. The Balaban J connectivity index is 2.24. The third-order valence-corrected chi connectivity index (χ3v) is 3.21. The van der Waals surface area contributed by atoms with Crippen molar-refractivity contribution in [1.82, 2.24) is 0 Å². The molecule has 0 saturated heterocycles. The Morgan fingerprint density at radius 1 is 1.38 bits per heavy atom. The van der Waals surface area contributed by atoms with Gasteiger partial charge in [-0.3, -0.25) is 0 Å². The lowest BCUT2D eigenvalue weighted by atomic mass is 10.0. The number of aryl methyl sites for hydroxylation is 1. The van der Waals surface area contributed by atoms with Crippen LogP contribution in [0, 0.1) is 6.92 Å². The molecule has 2 N–H and O–H groups in total. The van der Waals surface area contributed by atoms with Crippen LogP contribution in [0.1, 0.15) is 24.0 Å². The van der Waals surface area contributed by atoms with E-state index in [2.05, 4.69) is 0 Å². The molecule has 0 radical (unpaired) electrons. The standard InChI is InChI=1S/C12H16ClNO2/c1-8-6-10-12(16-7-15-10)11(13)9(8)4-2-3-5-14/h6H,2-5,7,14H2,1H3. The Morgan fingerprint density at radius 2 is 2.19 bits per heavy atom. The highest BCUT2D eigenvalue weighted by Crippen LogP contribution is 2.42. The number of halogens is 1. The molecule has 0 bridgehead atoms. The predicted molar refractivity (Wildman–Crippen MR) is 64.3 cm³/mol. The summed E-state index contributed by atoms with van der Waals surface area (Å²) in [5, 5.41) is 0.699. The van der Waals surface area contributed by atoms with E-state index in [1.54, 1.807) is 0 Å². The van der Waals surface area contributed by atoms with Crippen molar-refractivity contribution in [1.29, 1.82) is 0 Å². The van der Waals surface area contributed by atoms with Gasteiger partial charge in [0.1, 0.15) is 0 Å². The van der Waals surface area contributed by atoms with Crippen molar-refractivity contribution in [3.05, 3.63) is 22.2 Å². The van der Waals surface area contributed by atoms with Gasteiger partial charge in [0.2, 0.25) is 6.79 Å². The van der Waals surface area contributed by atoms with Crippen molar-refractivity contribution < 1.29 is 9.47 Å². The van der Waals surface area contributed by atoms with Gasteiger partial charge in [0.25, 0.3) is 0 Å². The van der Waals surface area contributed by atoms with Gasteiger partial charge in [0.05, 0.1) is 5.02 Å². The van der Waals surface area contributed by atoms with Gasteiger partial charge in [0, 0.05) is 0 Å². The molecule has 0 aliphatic carbocycles. The molecule has 0 amide bonds. The molecule has 1 aromatic carbocycles. The molecule has 1 aliphatic heterocycles. The first-order valence-electron chi connectivity index (χ1n) is 5.51. The third-order valence-electron chi connectivity index (χ3n) is 2.81. The van der Waals surface area contributed by atoms with Crippen LogP contribution in [0.4, 0.5) is 0 Å². The lowest BCUT2D eigenvalue weighted by Gasteiger charge is -2.10. The van der Waals surface area contributed by atoms with Crippen LogP contribution in [0.15, 0.2) is 6.07 Å². The number of unbranched alkanes of at least 4 members (excludes halogenated alkanes) is 1. The van der Waals surface area contributed by atoms with Crippen molar-refractivity contribution in [2.75, 3.05) is 13.3 Å². The fourth-order valence-electron chi connectivity index (χ4n) is 1.91. The van der Waals surface area contributed by atoms with Crippen molar-refractivity contribution in [2.45, 2.75) is 26.2 Å². The van der Waals surface area contributed by atoms with E-state index >= 15 is 0 Å². The fraction of sp³-hybridized carbons (Fsp3) is 0.500. The molecule has 1 aromatic rings. The van der Waals surface area contributed by atoms with Crippen LogP contribution < -0.4 is 15.2 Å². The van der Waals surface area contributed by atoms with Crippen LogP contribution in [-0.4, -0.2) is 13.3 Å². The van der Waals surface area contributed by atoms with Crippen molar-refractivity contribution >= 4 is 11.6 Å². The van der Waals surface area contributed by atoms with Crippen molar-refractivity contribution in [3.8, 4) is 11.5 Å². The molecule has 4 heteroatoms. The zero-order valence-electron chi connectivity index (χ0n) is 9.38. The molecule has 0 spiro atoms. The first kappa shape index (κ1) is 11.6. The molecule has 0 saturated carbocycles. The lowest BCUT2D eigenvalue weighted by Crippen LogP contribution is -2.00. The minimum absolute atomic E-state index is 0.265. The highest BCUT2D eigenvalue weighted by Gasteiger charge is 2.21. The third kappa shape index (κ3) is 2.11. The number of nitrogens with two attached hydrogens (primary N) is 1. The first-order valence-corrected chi connectivity index (χ1v) is 5.89. The Labute approximate surface area is 100 Å². The number of benzene rings is 1. The van der Waals surface area contributed by atoms with Gasteiger partial charge in [0.15, 0.2) is 11.5 Å². The molecular formula is C12H16ClNO2. The smallest absolute Gasteiger partial charge is 0.231 e. The fourth-order valence-corrected chi connectivity index (χ4v) is 2.31. The molecular weight excluding hydrogens is 226 g/mol. The molecule has 0 unspecified atom stereocenters. The Morgan fingerprint density at radius 3 is 2.94 bits per heavy atom. The Hall–Kier alpha value is -0.930. The number of ether oxygens (including phenoxy) is 2. The second-order valence-electron chi connectivity index (χ2n) is 3.97. The summed E-state index contributed by atoms with van der Waals surface area (Å²) in [5.74, 6) is 1.44. The SMILES string of the molecule is Cc1cc2c(c(Cl)c1CCCCN)OCO2. The monoisotopic (exact) mass is 241 g/mol. The molecule has 1 aliphatic rings. The van der Waals surface area contributed by atoms with Crippen LogP contribution in [0.25, 0.3) is 0 Å². The second-order valence-corrected chi connectivity index (χ2v) is 4.34. The van der Waals surface area contributed by atoms with Crippen LogP contribution in [0.5, 0.6) is 11.5 Å². The van der Waals surface area contributed by atoms with Gasteiger partial charge in [-0.05, 0) is 49.9 Å². The second kappa shape index (κ2) is 4.93. The van der Waals surface area contributed by atoms with Gasteiger partial charge in [-0.15, -0.1) is 0 Å². The molecule has 2 rings (SSSR count). The van der Waals surface area contributed by atoms with Crippen LogP contribution in [0.2, 0.25) is 5.02 Å². The minimum atomic E-state index is 0.265. The lowest BCUT2D eigenvalue weighted by molar-refractivity contribution is 0.174. The molecule has 16 heavy (non-hydrogen) atoms. The van der Waals surface area contributed by atoms with Gasteiger partial charge < -0.3 is 15.2 Å². The summed E-state index contributed by atoms with van der Waals surface area (Å²) < 4.78 is 10.7. The van der Waals surface area contributed by atoms with E-state index in [0.717, 1.165) is 42.7 Å².